The fraction of sp³-hybridized carbons (Fsp3) is 0.192. The van der Waals surface area contributed by atoms with Gasteiger partial charge in [-0.2, -0.15) is 5.10 Å². The van der Waals surface area contributed by atoms with Crippen molar-refractivity contribution in [1.29, 1.82) is 0 Å². The lowest BCUT2D eigenvalue weighted by Crippen LogP contribution is -2.49. The first-order chi connectivity index (χ1) is 18.6. The molecule has 1 aromatic carbocycles. The van der Waals surface area contributed by atoms with E-state index in [2.05, 4.69) is 31.2 Å². The van der Waals surface area contributed by atoms with Gasteiger partial charge < -0.3 is 15.4 Å². The number of nitrogens with zero attached hydrogens (tertiary/aromatic N) is 3. The number of hydrogen-bond donors (Lipinski definition) is 4. The molecule has 0 saturated carbocycles. The second kappa shape index (κ2) is 10.2. The van der Waals surface area contributed by atoms with Crippen molar-refractivity contribution >= 4 is 40.9 Å². The average Bonchev–Trinajstić information content (AvgIpc) is 3.60. The van der Waals surface area contributed by atoms with E-state index < -0.39 is 6.03 Å². The molecule has 0 radical (unpaired) electrons. The highest BCUT2D eigenvalue weighted by atomic mass is 32.1. The minimum atomic E-state index is -0.436. The molecule has 1 fully saturated rings. The van der Waals surface area contributed by atoms with Crippen molar-refractivity contribution < 1.29 is 19.1 Å². The lowest BCUT2D eigenvalue weighted by Gasteiger charge is -2.27. The average molecular weight is 530 g/mol. The quantitative estimate of drug-likeness (QED) is 0.237. The van der Waals surface area contributed by atoms with Crippen molar-refractivity contribution in [1.82, 2.24) is 25.6 Å². The van der Waals surface area contributed by atoms with Crippen LogP contribution in [0.2, 0.25) is 0 Å². The van der Waals surface area contributed by atoms with Gasteiger partial charge in [0.05, 0.1) is 46.3 Å². The highest BCUT2D eigenvalue weighted by Gasteiger charge is 2.36. The molecule has 0 bridgehead atoms. The van der Waals surface area contributed by atoms with Crippen molar-refractivity contribution in [2.75, 3.05) is 36.9 Å². The molecule has 0 spiro atoms. The number of urea groups is 1. The zero-order chi connectivity index (χ0) is 26.1. The number of ether oxygens (including phenoxy) is 1. The SMILES string of the molecule is O=CNc1cc(Cc2ccccn2)sc1-c1[nH]nc2c1C(=O)c1c(NC(=O)NN3CCOCC3)cccc1-2. The summed E-state index contributed by atoms with van der Waals surface area (Å²) in [6.45, 7) is 2.24. The van der Waals surface area contributed by atoms with Crippen LogP contribution in [0.4, 0.5) is 16.2 Å². The van der Waals surface area contributed by atoms with Gasteiger partial charge in [0, 0.05) is 41.8 Å². The summed E-state index contributed by atoms with van der Waals surface area (Å²) in [7, 11) is 0. The van der Waals surface area contributed by atoms with Gasteiger partial charge in [-0.3, -0.25) is 25.1 Å². The number of pyridine rings is 1. The summed E-state index contributed by atoms with van der Waals surface area (Å²) in [5.74, 6) is -0.252. The number of hydrazine groups is 1. The third-order valence-electron chi connectivity index (χ3n) is 6.37. The Morgan fingerprint density at radius 1 is 1.13 bits per heavy atom. The van der Waals surface area contributed by atoms with E-state index in [1.54, 1.807) is 29.4 Å². The van der Waals surface area contributed by atoms with E-state index in [4.69, 9.17) is 4.74 Å². The zero-order valence-corrected chi connectivity index (χ0v) is 20.9. The molecule has 1 aliphatic heterocycles. The smallest absolute Gasteiger partial charge is 0.333 e. The number of hydrogen-bond acceptors (Lipinski definition) is 8. The molecule has 12 heteroatoms. The van der Waals surface area contributed by atoms with Crippen molar-refractivity contribution in [2.45, 2.75) is 6.42 Å². The summed E-state index contributed by atoms with van der Waals surface area (Å²) >= 11 is 1.45. The molecule has 1 aliphatic carbocycles. The number of ketones is 1. The van der Waals surface area contributed by atoms with E-state index in [9.17, 15) is 14.4 Å². The summed E-state index contributed by atoms with van der Waals surface area (Å²) in [4.78, 5) is 43.8. The number of H-pyrrole nitrogens is 1. The van der Waals surface area contributed by atoms with Crippen LogP contribution in [-0.4, -0.2) is 64.7 Å². The fourth-order valence-corrected chi connectivity index (χ4v) is 5.82. The van der Waals surface area contributed by atoms with Gasteiger partial charge in [0.25, 0.3) is 0 Å². The summed E-state index contributed by atoms with van der Waals surface area (Å²) < 4.78 is 5.31. The number of rotatable bonds is 7. The Bertz CT molecular complexity index is 1530. The summed E-state index contributed by atoms with van der Waals surface area (Å²) in [6, 6.07) is 12.4. The normalized spacial score (nSPS) is 14.6. The van der Waals surface area contributed by atoms with Crippen LogP contribution < -0.4 is 16.1 Å². The van der Waals surface area contributed by atoms with E-state index in [0.717, 1.165) is 10.6 Å². The number of fused-ring (bicyclic) bond motifs is 3. The third-order valence-corrected chi connectivity index (χ3v) is 7.52. The van der Waals surface area contributed by atoms with Crippen LogP contribution in [0, 0.1) is 0 Å². The number of thiophene rings is 1. The first-order valence-electron chi connectivity index (χ1n) is 12.0. The molecule has 0 atom stereocenters. The molecule has 4 N–H and O–H groups in total. The molecule has 192 valence electrons. The Hall–Kier alpha value is -4.39. The first-order valence-corrected chi connectivity index (χ1v) is 12.8. The van der Waals surface area contributed by atoms with Gasteiger partial charge in [0.15, 0.2) is 5.78 Å². The van der Waals surface area contributed by atoms with Crippen LogP contribution in [0.3, 0.4) is 0 Å². The van der Waals surface area contributed by atoms with Gasteiger partial charge in [-0.25, -0.2) is 9.80 Å². The van der Waals surface area contributed by atoms with Crippen LogP contribution in [-0.2, 0) is 16.0 Å². The number of aromatic amines is 1. The Kier molecular flexibility index (Phi) is 6.42. The lowest BCUT2D eigenvalue weighted by molar-refractivity contribution is -0.105. The van der Waals surface area contributed by atoms with Crippen LogP contribution in [0.1, 0.15) is 26.5 Å². The zero-order valence-electron chi connectivity index (χ0n) is 20.1. The molecule has 1 saturated heterocycles. The number of carbonyl (C=O) groups is 3. The number of nitrogens with one attached hydrogen (secondary N) is 4. The molecular formula is C26H23N7O4S. The largest absolute Gasteiger partial charge is 0.379 e. The van der Waals surface area contributed by atoms with Crippen LogP contribution >= 0.6 is 11.3 Å². The second-order valence-electron chi connectivity index (χ2n) is 8.76. The van der Waals surface area contributed by atoms with Crippen molar-refractivity contribution in [3.63, 3.8) is 0 Å². The Morgan fingerprint density at radius 3 is 2.79 bits per heavy atom. The lowest BCUT2D eigenvalue weighted by atomic mass is 10.1. The van der Waals surface area contributed by atoms with Crippen molar-refractivity contribution in [3.05, 3.63) is 70.4 Å². The van der Waals surface area contributed by atoms with Crippen LogP contribution in [0.25, 0.3) is 21.8 Å². The molecule has 6 rings (SSSR count). The van der Waals surface area contributed by atoms with Gasteiger partial charge in [-0.15, -0.1) is 11.3 Å². The number of aromatic nitrogens is 3. The van der Waals surface area contributed by atoms with Gasteiger partial charge in [-0.05, 0) is 24.3 Å². The van der Waals surface area contributed by atoms with E-state index in [1.807, 2.05) is 24.3 Å². The van der Waals surface area contributed by atoms with Gasteiger partial charge >= 0.3 is 6.03 Å². The molecular weight excluding hydrogens is 506 g/mol. The maximum Gasteiger partial charge on any atom is 0.333 e. The second-order valence-corrected chi connectivity index (χ2v) is 9.90. The molecule has 4 heterocycles. The maximum absolute atomic E-state index is 13.7. The molecule has 3 amide bonds. The van der Waals surface area contributed by atoms with E-state index in [-0.39, 0.29) is 5.78 Å². The molecule has 11 nitrogen and oxygen atoms in total. The fourth-order valence-electron chi connectivity index (χ4n) is 4.68. The predicted octanol–water partition coefficient (Wildman–Crippen LogP) is 3.27. The molecule has 3 aromatic heterocycles. The standard InChI is InChI=1S/C26H23N7O4S/c34-14-28-19-13-16(12-15-4-1-2-7-27-15)38-25(19)23-21-22(30-31-23)17-5-3-6-18(20(17)24(21)35)29-26(36)32-33-8-10-37-11-9-33/h1-7,13-14H,8-12H2,(H,28,34)(H,30,31)(H2,29,32,36). The van der Waals surface area contributed by atoms with E-state index >= 15 is 0 Å². The van der Waals surface area contributed by atoms with E-state index in [0.29, 0.717) is 83.5 Å². The topological polar surface area (TPSA) is 141 Å². The van der Waals surface area contributed by atoms with Crippen molar-refractivity contribution in [3.8, 4) is 21.8 Å². The summed E-state index contributed by atoms with van der Waals surface area (Å²) in [6.07, 6.45) is 2.92. The number of anilines is 2. The Labute approximate surface area is 221 Å². The van der Waals surface area contributed by atoms with Crippen LogP contribution in [0.15, 0.2) is 48.7 Å². The predicted molar refractivity (Wildman–Crippen MR) is 142 cm³/mol. The summed E-state index contributed by atoms with van der Waals surface area (Å²) in [5.41, 5.74) is 7.11. The monoisotopic (exact) mass is 529 g/mol. The Balaban J connectivity index is 1.30. The maximum atomic E-state index is 13.7. The van der Waals surface area contributed by atoms with Crippen LogP contribution in [0.5, 0.6) is 0 Å². The molecule has 38 heavy (non-hydrogen) atoms. The number of benzene rings is 1. The molecule has 4 aromatic rings. The van der Waals surface area contributed by atoms with Gasteiger partial charge in [-0.1, -0.05) is 18.2 Å². The number of carbonyl (C=O) groups excluding carboxylic acids is 3. The van der Waals surface area contributed by atoms with Gasteiger partial charge in [0.2, 0.25) is 6.41 Å². The number of morpholine rings is 1. The minimum absolute atomic E-state index is 0.252. The van der Waals surface area contributed by atoms with Crippen molar-refractivity contribution in [2.24, 2.45) is 0 Å². The highest BCUT2D eigenvalue weighted by Crippen LogP contribution is 2.46. The first kappa shape index (κ1) is 24.0. The molecule has 0 unspecified atom stereocenters. The third kappa shape index (κ3) is 4.45. The summed E-state index contributed by atoms with van der Waals surface area (Å²) in [5, 5.41) is 14.8. The Morgan fingerprint density at radius 2 is 2.00 bits per heavy atom. The molecule has 2 aliphatic rings. The van der Waals surface area contributed by atoms with Gasteiger partial charge in [0.1, 0.15) is 5.69 Å². The minimum Gasteiger partial charge on any atom is -0.379 e. The number of amides is 3. The highest BCUT2D eigenvalue weighted by molar-refractivity contribution is 7.16. The van der Waals surface area contributed by atoms with E-state index in [1.165, 1.54) is 11.3 Å².